The van der Waals surface area contributed by atoms with Crippen molar-refractivity contribution >= 4 is 28.2 Å². The minimum atomic E-state index is 0.395. The van der Waals surface area contributed by atoms with Crippen LogP contribution in [-0.4, -0.2) is 48.8 Å². The normalized spacial score (nSPS) is 12.5. The molecule has 0 spiro atoms. The van der Waals surface area contributed by atoms with E-state index in [0.29, 0.717) is 11.1 Å². The van der Waals surface area contributed by atoms with Crippen molar-refractivity contribution in [2.45, 2.75) is 46.1 Å². The molecule has 0 aliphatic heterocycles. The highest BCUT2D eigenvalue weighted by Gasteiger charge is 2.08. The fourth-order valence-corrected chi connectivity index (χ4v) is 3.34. The summed E-state index contributed by atoms with van der Waals surface area (Å²) >= 11 is 6.08. The second-order valence-corrected chi connectivity index (χ2v) is 7.90. The lowest BCUT2D eigenvalue weighted by molar-refractivity contribution is 0.107. The highest BCUT2D eigenvalue weighted by molar-refractivity contribution is 6.31. The number of fused-ring (bicyclic) bond motifs is 1. The van der Waals surface area contributed by atoms with Gasteiger partial charge in [-0.15, -0.1) is 6.58 Å². The van der Waals surface area contributed by atoms with Crippen LogP contribution in [0.1, 0.15) is 40.0 Å². The average Bonchev–Trinajstić information content (AvgIpc) is 2.66. The van der Waals surface area contributed by atoms with Crippen LogP contribution in [0.4, 0.5) is 5.69 Å². The Bertz CT molecular complexity index is 750. The first-order chi connectivity index (χ1) is 13.5. The molecule has 0 radical (unpaired) electrons. The number of hydrogen-bond acceptors (Lipinski definition) is 4. The molecule has 1 aromatic carbocycles. The number of likely N-dealkylation sites (N-methyl/N-ethyl adjacent to an activating group) is 1. The molecule has 0 aliphatic rings. The topological polar surface area (TPSA) is 37.4 Å². The van der Waals surface area contributed by atoms with Crippen molar-refractivity contribution in [3.05, 3.63) is 47.6 Å². The number of halogens is 1. The fourth-order valence-electron chi connectivity index (χ4n) is 3.18. The number of hydrogen-bond donors (Lipinski definition) is 1. The van der Waals surface area contributed by atoms with Crippen molar-refractivity contribution in [1.82, 2.24) is 9.88 Å². The van der Waals surface area contributed by atoms with E-state index in [4.69, 9.17) is 16.3 Å². The summed E-state index contributed by atoms with van der Waals surface area (Å²) in [7, 11) is 0. The van der Waals surface area contributed by atoms with Gasteiger partial charge in [0.1, 0.15) is 0 Å². The highest BCUT2D eigenvalue weighted by Crippen LogP contribution is 2.25. The maximum absolute atomic E-state index is 6.08. The molecule has 2 rings (SSSR count). The standard InChI is InChI=1S/C23H34ClN3O/c1-5-27(14-16-28-15-11-18(2)3)13-6-7-19(4)26-22-10-12-25-23-17-20(24)8-9-21(22)23/h8-10,12,17,19H,2,5-7,11,13-16H2,1,3-4H3,(H,25,26). The molecule has 0 amide bonds. The third-order valence-electron chi connectivity index (χ3n) is 4.89. The molecular formula is C23H34ClN3O. The van der Waals surface area contributed by atoms with Crippen molar-refractivity contribution < 1.29 is 4.74 Å². The zero-order valence-electron chi connectivity index (χ0n) is 17.5. The third-order valence-corrected chi connectivity index (χ3v) is 5.13. The number of benzene rings is 1. The molecular weight excluding hydrogens is 370 g/mol. The molecule has 1 unspecified atom stereocenters. The van der Waals surface area contributed by atoms with Crippen molar-refractivity contribution in [3.63, 3.8) is 0 Å². The van der Waals surface area contributed by atoms with E-state index in [1.54, 1.807) is 0 Å². The summed E-state index contributed by atoms with van der Waals surface area (Å²) in [4.78, 5) is 6.87. The van der Waals surface area contributed by atoms with E-state index >= 15 is 0 Å². The molecule has 5 heteroatoms. The minimum absolute atomic E-state index is 0.395. The van der Waals surface area contributed by atoms with Gasteiger partial charge in [0.2, 0.25) is 0 Å². The number of rotatable bonds is 13. The first-order valence-electron chi connectivity index (χ1n) is 10.2. The van der Waals surface area contributed by atoms with Gasteiger partial charge in [-0.05, 0) is 70.5 Å². The summed E-state index contributed by atoms with van der Waals surface area (Å²) in [5.41, 5.74) is 3.22. The summed E-state index contributed by atoms with van der Waals surface area (Å²) in [6.07, 6.45) is 5.05. The monoisotopic (exact) mass is 403 g/mol. The molecule has 1 aromatic heterocycles. The fraction of sp³-hybridized carbons (Fsp3) is 0.522. The molecule has 154 valence electrons. The molecule has 0 saturated heterocycles. The van der Waals surface area contributed by atoms with E-state index < -0.39 is 0 Å². The molecule has 1 heterocycles. The summed E-state index contributed by atoms with van der Waals surface area (Å²) in [6, 6.07) is 8.29. The van der Waals surface area contributed by atoms with E-state index in [1.165, 1.54) is 5.57 Å². The summed E-state index contributed by atoms with van der Waals surface area (Å²) < 4.78 is 5.70. The van der Waals surface area contributed by atoms with Crippen LogP contribution in [0.25, 0.3) is 10.9 Å². The van der Waals surface area contributed by atoms with E-state index in [0.717, 1.165) is 68.7 Å². The van der Waals surface area contributed by atoms with Gasteiger partial charge in [-0.1, -0.05) is 24.1 Å². The van der Waals surface area contributed by atoms with Gasteiger partial charge in [-0.25, -0.2) is 0 Å². The number of nitrogens with zero attached hydrogens (tertiary/aromatic N) is 2. The lowest BCUT2D eigenvalue weighted by Crippen LogP contribution is -2.29. The van der Waals surface area contributed by atoms with Crippen LogP contribution < -0.4 is 5.32 Å². The molecule has 1 N–H and O–H groups in total. The van der Waals surface area contributed by atoms with Gasteiger partial charge in [-0.2, -0.15) is 0 Å². The zero-order valence-corrected chi connectivity index (χ0v) is 18.3. The van der Waals surface area contributed by atoms with E-state index in [2.05, 4.69) is 35.6 Å². The molecule has 28 heavy (non-hydrogen) atoms. The molecule has 1 atom stereocenters. The van der Waals surface area contributed by atoms with Crippen LogP contribution in [0.2, 0.25) is 5.02 Å². The predicted octanol–water partition coefficient (Wildman–Crippen LogP) is 5.77. The zero-order chi connectivity index (χ0) is 20.4. The Hall–Kier alpha value is -1.62. The number of ether oxygens (including phenoxy) is 1. The summed E-state index contributed by atoms with van der Waals surface area (Å²) in [6.45, 7) is 15.1. The van der Waals surface area contributed by atoms with Crippen LogP contribution >= 0.6 is 11.6 Å². The van der Waals surface area contributed by atoms with Crippen LogP contribution in [0.3, 0.4) is 0 Å². The quantitative estimate of drug-likeness (QED) is 0.340. The number of aromatic nitrogens is 1. The Balaban J connectivity index is 1.73. The number of anilines is 1. The van der Waals surface area contributed by atoms with Crippen molar-refractivity contribution in [3.8, 4) is 0 Å². The number of nitrogens with one attached hydrogen (secondary N) is 1. The second kappa shape index (κ2) is 12.1. The van der Waals surface area contributed by atoms with Gasteiger partial charge < -0.3 is 15.0 Å². The molecule has 0 bridgehead atoms. The molecule has 2 aromatic rings. The van der Waals surface area contributed by atoms with Gasteiger partial charge in [0.05, 0.1) is 18.7 Å². The van der Waals surface area contributed by atoms with E-state index in [1.807, 2.05) is 37.4 Å². The first kappa shape index (κ1) is 22.7. The number of pyridine rings is 1. The van der Waals surface area contributed by atoms with Gasteiger partial charge in [0.25, 0.3) is 0 Å². The summed E-state index contributed by atoms with van der Waals surface area (Å²) in [5, 5.41) is 5.46. The molecule has 0 fully saturated rings. The van der Waals surface area contributed by atoms with Crippen LogP contribution in [0, 0.1) is 0 Å². The summed E-state index contributed by atoms with van der Waals surface area (Å²) in [5.74, 6) is 0. The Morgan fingerprint density at radius 1 is 1.29 bits per heavy atom. The predicted molar refractivity (Wildman–Crippen MR) is 121 cm³/mol. The van der Waals surface area contributed by atoms with Crippen molar-refractivity contribution in [2.24, 2.45) is 0 Å². The largest absolute Gasteiger partial charge is 0.382 e. The lowest BCUT2D eigenvalue weighted by atomic mass is 10.1. The Kier molecular flexibility index (Phi) is 9.76. The molecule has 0 aliphatic carbocycles. The Labute approximate surface area is 174 Å². The Morgan fingerprint density at radius 2 is 2.11 bits per heavy atom. The minimum Gasteiger partial charge on any atom is -0.382 e. The lowest BCUT2D eigenvalue weighted by Gasteiger charge is -2.22. The maximum atomic E-state index is 6.08. The SMILES string of the molecule is C=C(C)CCOCCN(CC)CCCC(C)Nc1ccnc2cc(Cl)ccc12. The van der Waals surface area contributed by atoms with Crippen molar-refractivity contribution in [2.75, 3.05) is 38.2 Å². The van der Waals surface area contributed by atoms with Gasteiger partial charge in [0.15, 0.2) is 0 Å². The Morgan fingerprint density at radius 3 is 2.86 bits per heavy atom. The van der Waals surface area contributed by atoms with Crippen LogP contribution in [-0.2, 0) is 4.74 Å². The maximum Gasteiger partial charge on any atom is 0.0737 e. The molecule has 4 nitrogen and oxygen atoms in total. The van der Waals surface area contributed by atoms with E-state index in [9.17, 15) is 0 Å². The highest BCUT2D eigenvalue weighted by atomic mass is 35.5. The van der Waals surface area contributed by atoms with Crippen LogP contribution in [0.5, 0.6) is 0 Å². The van der Waals surface area contributed by atoms with Gasteiger partial charge in [-0.3, -0.25) is 4.98 Å². The second-order valence-electron chi connectivity index (χ2n) is 7.46. The van der Waals surface area contributed by atoms with Gasteiger partial charge in [0, 0.05) is 34.9 Å². The first-order valence-corrected chi connectivity index (χ1v) is 10.6. The third kappa shape index (κ3) is 7.78. The van der Waals surface area contributed by atoms with E-state index in [-0.39, 0.29) is 0 Å². The smallest absolute Gasteiger partial charge is 0.0737 e. The van der Waals surface area contributed by atoms with Gasteiger partial charge >= 0.3 is 0 Å². The molecule has 0 saturated carbocycles. The average molecular weight is 404 g/mol. The van der Waals surface area contributed by atoms with Crippen molar-refractivity contribution in [1.29, 1.82) is 0 Å². The van der Waals surface area contributed by atoms with Crippen LogP contribution in [0.15, 0.2) is 42.6 Å².